The summed E-state index contributed by atoms with van der Waals surface area (Å²) in [5.41, 5.74) is 0. The molecule has 0 saturated carbocycles. The summed E-state index contributed by atoms with van der Waals surface area (Å²) in [6, 6.07) is 0. The molecule has 0 radical (unpaired) electrons. The lowest BCUT2D eigenvalue weighted by Crippen LogP contribution is -2.30. The third kappa shape index (κ3) is 56.6. The van der Waals surface area contributed by atoms with Gasteiger partial charge in [-0.25, -0.2) is 0 Å². The van der Waals surface area contributed by atoms with Gasteiger partial charge in [-0.2, -0.15) is 0 Å². The average molecular weight is 984 g/mol. The first-order valence-electron chi connectivity index (χ1n) is 29.0. The Morgan fingerprint density at radius 1 is 0.310 bits per heavy atom. The van der Waals surface area contributed by atoms with Gasteiger partial charge in [0.25, 0.3) is 0 Å². The second kappa shape index (κ2) is 58.4. The molecule has 6 heteroatoms. The smallest absolute Gasteiger partial charge is 0.310 e. The standard InChI is InChI=1S/C65H106O6/c1-4-7-10-13-16-19-22-25-27-28-29-30-31-32-33-34-35-36-38-40-43-46-49-52-55-58-64(67)70-61-62(60-69-63(66)57-54-51-48-45-42-39-24-21-18-15-12-9-6-3)71-65(68)59-56-53-50-47-44-41-37-26-23-20-17-14-11-8-5-2/h8-9,11-12,17-18,20-22,25-26,28-29,37,39,42,44,47,53,56,62H,4-7,10,13-16,19,23-24,27,30-36,38,40-41,43,45-46,48-52,54-55,57-61H2,1-3H3/b11-8-,12-9-,20-17-,21-18-,25-22-,29-28-,37-26-,42-39-,47-44-,56-53-. The van der Waals surface area contributed by atoms with Crippen LogP contribution in [0.3, 0.4) is 0 Å². The van der Waals surface area contributed by atoms with Gasteiger partial charge in [-0.05, 0) is 109 Å². The Balaban J connectivity index is 4.39. The Kier molecular flexibility index (Phi) is 54.9. The van der Waals surface area contributed by atoms with Crippen molar-refractivity contribution in [3.63, 3.8) is 0 Å². The third-order valence-corrected chi connectivity index (χ3v) is 12.0. The molecule has 0 bridgehead atoms. The van der Waals surface area contributed by atoms with E-state index in [0.717, 1.165) is 96.3 Å². The van der Waals surface area contributed by atoms with E-state index in [4.69, 9.17) is 14.2 Å². The molecule has 0 aromatic heterocycles. The van der Waals surface area contributed by atoms with Crippen LogP contribution in [0.25, 0.3) is 0 Å². The van der Waals surface area contributed by atoms with E-state index >= 15 is 0 Å². The number of esters is 3. The van der Waals surface area contributed by atoms with Gasteiger partial charge in [-0.3, -0.25) is 14.4 Å². The molecule has 0 amide bonds. The quantitative estimate of drug-likeness (QED) is 0.0261. The van der Waals surface area contributed by atoms with E-state index < -0.39 is 12.1 Å². The summed E-state index contributed by atoms with van der Waals surface area (Å²) >= 11 is 0. The fraction of sp³-hybridized carbons (Fsp3) is 0.646. The SMILES string of the molecule is CC/C=C\C/C=C\C/C=C\C/C=C\C/C=C\CC(=O)OC(COC(=O)CCCCC/C=C\C/C=C\C/C=C\CC)COC(=O)CCCCCCCCCCCCCCC/C=C\C/C=C\CCCCCCC. The minimum atomic E-state index is -0.848. The Morgan fingerprint density at radius 3 is 0.944 bits per heavy atom. The van der Waals surface area contributed by atoms with Gasteiger partial charge in [0.2, 0.25) is 0 Å². The van der Waals surface area contributed by atoms with E-state index in [1.165, 1.54) is 109 Å². The fourth-order valence-electron chi connectivity index (χ4n) is 7.68. The van der Waals surface area contributed by atoms with Crippen LogP contribution in [0, 0.1) is 0 Å². The van der Waals surface area contributed by atoms with E-state index in [1.807, 2.05) is 6.08 Å². The molecule has 402 valence electrons. The molecule has 0 N–H and O–H groups in total. The fourth-order valence-corrected chi connectivity index (χ4v) is 7.68. The van der Waals surface area contributed by atoms with Gasteiger partial charge >= 0.3 is 17.9 Å². The highest BCUT2D eigenvalue weighted by atomic mass is 16.6. The summed E-state index contributed by atoms with van der Waals surface area (Å²) in [6.07, 6.45) is 80.9. The van der Waals surface area contributed by atoms with Crippen LogP contribution in [0.15, 0.2) is 122 Å². The lowest BCUT2D eigenvalue weighted by molar-refractivity contribution is -0.166. The van der Waals surface area contributed by atoms with Crippen molar-refractivity contribution in [1.29, 1.82) is 0 Å². The maximum Gasteiger partial charge on any atom is 0.310 e. The monoisotopic (exact) mass is 983 g/mol. The molecular formula is C65H106O6. The van der Waals surface area contributed by atoms with Gasteiger partial charge in [0.05, 0.1) is 6.42 Å². The zero-order chi connectivity index (χ0) is 51.4. The summed E-state index contributed by atoms with van der Waals surface area (Å²) in [6.45, 7) is 6.29. The van der Waals surface area contributed by atoms with Crippen molar-refractivity contribution in [2.75, 3.05) is 13.2 Å². The Bertz CT molecular complexity index is 1500. The van der Waals surface area contributed by atoms with Crippen LogP contribution < -0.4 is 0 Å². The van der Waals surface area contributed by atoms with Crippen molar-refractivity contribution in [2.24, 2.45) is 0 Å². The number of allylic oxidation sites excluding steroid dienone is 19. The molecule has 0 aliphatic heterocycles. The van der Waals surface area contributed by atoms with E-state index in [0.29, 0.717) is 19.3 Å². The summed E-state index contributed by atoms with van der Waals surface area (Å²) in [4.78, 5) is 38.0. The second-order valence-electron chi connectivity index (χ2n) is 18.8. The Labute approximate surface area is 437 Å². The summed E-state index contributed by atoms with van der Waals surface area (Å²) in [5.74, 6) is -1.09. The van der Waals surface area contributed by atoms with E-state index in [2.05, 4.69) is 130 Å². The zero-order valence-electron chi connectivity index (χ0n) is 45.9. The van der Waals surface area contributed by atoms with Crippen molar-refractivity contribution in [1.82, 2.24) is 0 Å². The lowest BCUT2D eigenvalue weighted by Gasteiger charge is -2.18. The molecule has 0 aromatic rings. The van der Waals surface area contributed by atoms with Gasteiger partial charge in [-0.1, -0.05) is 245 Å². The minimum Gasteiger partial charge on any atom is -0.462 e. The molecule has 0 aliphatic carbocycles. The number of hydrogen-bond acceptors (Lipinski definition) is 6. The Morgan fingerprint density at radius 2 is 0.592 bits per heavy atom. The topological polar surface area (TPSA) is 78.9 Å². The first kappa shape index (κ1) is 66.8. The van der Waals surface area contributed by atoms with Crippen molar-refractivity contribution in [3.05, 3.63) is 122 Å². The van der Waals surface area contributed by atoms with Crippen LogP contribution in [0.2, 0.25) is 0 Å². The van der Waals surface area contributed by atoms with Crippen LogP contribution in [-0.2, 0) is 28.6 Å². The summed E-state index contributed by atoms with van der Waals surface area (Å²) in [5, 5.41) is 0. The van der Waals surface area contributed by atoms with Crippen LogP contribution in [-0.4, -0.2) is 37.2 Å². The number of unbranched alkanes of at least 4 members (excludes halogenated alkanes) is 21. The zero-order valence-corrected chi connectivity index (χ0v) is 45.9. The molecule has 71 heavy (non-hydrogen) atoms. The predicted molar refractivity (Wildman–Crippen MR) is 306 cm³/mol. The molecule has 0 heterocycles. The highest BCUT2D eigenvalue weighted by Crippen LogP contribution is 2.15. The van der Waals surface area contributed by atoms with Gasteiger partial charge < -0.3 is 14.2 Å². The molecule has 0 aliphatic rings. The van der Waals surface area contributed by atoms with Crippen molar-refractivity contribution in [2.45, 2.75) is 258 Å². The molecule has 0 spiro atoms. The molecule has 1 unspecified atom stereocenters. The number of ether oxygens (including phenoxy) is 3. The largest absolute Gasteiger partial charge is 0.462 e. The van der Waals surface area contributed by atoms with Crippen molar-refractivity contribution < 1.29 is 28.6 Å². The summed E-state index contributed by atoms with van der Waals surface area (Å²) < 4.78 is 16.7. The normalized spacial score (nSPS) is 13.0. The highest BCUT2D eigenvalue weighted by molar-refractivity contribution is 5.72. The second-order valence-corrected chi connectivity index (χ2v) is 18.8. The van der Waals surface area contributed by atoms with Gasteiger partial charge in [0, 0.05) is 12.8 Å². The molecule has 0 aromatic carbocycles. The first-order chi connectivity index (χ1) is 35.0. The molecule has 6 nitrogen and oxygen atoms in total. The van der Waals surface area contributed by atoms with E-state index in [9.17, 15) is 14.4 Å². The third-order valence-electron chi connectivity index (χ3n) is 12.0. The Hall–Kier alpha value is -4.19. The van der Waals surface area contributed by atoms with Crippen LogP contribution in [0.5, 0.6) is 0 Å². The van der Waals surface area contributed by atoms with E-state index in [1.54, 1.807) is 6.08 Å². The van der Waals surface area contributed by atoms with Crippen molar-refractivity contribution in [3.8, 4) is 0 Å². The van der Waals surface area contributed by atoms with Gasteiger partial charge in [-0.15, -0.1) is 0 Å². The molecular weight excluding hydrogens is 877 g/mol. The minimum absolute atomic E-state index is 0.0866. The summed E-state index contributed by atoms with van der Waals surface area (Å²) in [7, 11) is 0. The maximum atomic E-state index is 12.8. The number of hydrogen-bond donors (Lipinski definition) is 0. The molecule has 0 saturated heterocycles. The van der Waals surface area contributed by atoms with Crippen molar-refractivity contribution >= 4 is 17.9 Å². The number of rotatable bonds is 51. The predicted octanol–water partition coefficient (Wildman–Crippen LogP) is 19.6. The van der Waals surface area contributed by atoms with Crippen LogP contribution in [0.1, 0.15) is 252 Å². The molecule has 0 fully saturated rings. The highest BCUT2D eigenvalue weighted by Gasteiger charge is 2.19. The number of carbonyl (C=O) groups excluding carboxylic acids is 3. The van der Waals surface area contributed by atoms with E-state index in [-0.39, 0.29) is 31.6 Å². The number of carbonyl (C=O) groups is 3. The maximum absolute atomic E-state index is 12.8. The first-order valence-corrected chi connectivity index (χ1v) is 29.0. The van der Waals surface area contributed by atoms with Crippen LogP contribution in [0.4, 0.5) is 0 Å². The van der Waals surface area contributed by atoms with Gasteiger partial charge in [0.15, 0.2) is 6.10 Å². The molecule has 1 atom stereocenters. The molecule has 0 rings (SSSR count). The lowest BCUT2D eigenvalue weighted by atomic mass is 10.0. The average Bonchev–Trinajstić information content (AvgIpc) is 3.37. The van der Waals surface area contributed by atoms with Crippen LogP contribution >= 0.6 is 0 Å². The van der Waals surface area contributed by atoms with Gasteiger partial charge in [0.1, 0.15) is 13.2 Å².